The van der Waals surface area contributed by atoms with Gasteiger partial charge in [-0.05, 0) is 100 Å². The fourth-order valence-electron chi connectivity index (χ4n) is 7.37. The van der Waals surface area contributed by atoms with Gasteiger partial charge >= 0.3 is 5.97 Å². The number of amides is 1. The summed E-state index contributed by atoms with van der Waals surface area (Å²) in [6.07, 6.45) is 6.98. The van der Waals surface area contributed by atoms with Crippen LogP contribution in [0.1, 0.15) is 113 Å². The first-order chi connectivity index (χ1) is 24.1. The van der Waals surface area contributed by atoms with E-state index in [1.165, 1.54) is 31.4 Å². The molecule has 1 aliphatic heterocycles. The number of carbonyl (C=O) groups is 2. The second-order valence-electron chi connectivity index (χ2n) is 16.2. The molecule has 0 radical (unpaired) electrons. The number of aliphatic carboxylic acids is 1. The highest BCUT2D eigenvalue weighted by Crippen LogP contribution is 2.45. The van der Waals surface area contributed by atoms with Crippen molar-refractivity contribution in [2.75, 3.05) is 38.2 Å². The number of piperidine rings is 1. The van der Waals surface area contributed by atoms with E-state index >= 15 is 0 Å². The number of benzene rings is 2. The topological polar surface area (TPSA) is 92.2 Å². The van der Waals surface area contributed by atoms with Crippen LogP contribution in [0.4, 0.5) is 10.1 Å². The zero-order chi connectivity index (χ0) is 36.9. The van der Waals surface area contributed by atoms with Gasteiger partial charge in [-0.3, -0.25) is 4.79 Å². The lowest BCUT2D eigenvalue weighted by atomic mass is 9.81. The number of ether oxygens (including phenoxy) is 2. The second kappa shape index (κ2) is 16.1. The van der Waals surface area contributed by atoms with Gasteiger partial charge < -0.3 is 24.4 Å². The van der Waals surface area contributed by atoms with Crippen LogP contribution in [0.25, 0.3) is 11.1 Å². The van der Waals surface area contributed by atoms with Crippen LogP contribution in [0.5, 0.6) is 5.75 Å². The average Bonchev–Trinajstić information content (AvgIpc) is 3.08. The minimum absolute atomic E-state index is 0.138. The van der Waals surface area contributed by atoms with Crippen molar-refractivity contribution in [1.82, 2.24) is 9.88 Å². The number of hydrogen-bond acceptors (Lipinski definition) is 6. The summed E-state index contributed by atoms with van der Waals surface area (Å²) in [5, 5.41) is 10.7. The SMILES string of the molecule is Cc1nc(C(=O)N(C)CC2CCCCC2)c(-c2ccc(OCCc3ccc(F)cc3)cc2)c(N2CCC(C)(C)CC2)c1[C@H](OC(C)(C)C)C(=O)O. The third-order valence-corrected chi connectivity index (χ3v) is 10.3. The number of aromatic nitrogens is 1. The number of carboxylic acids is 1. The lowest BCUT2D eigenvalue weighted by molar-refractivity contribution is -0.160. The Kier molecular flexibility index (Phi) is 12.1. The van der Waals surface area contributed by atoms with Crippen molar-refractivity contribution in [3.05, 3.63) is 76.9 Å². The van der Waals surface area contributed by atoms with Crippen LogP contribution in [-0.4, -0.2) is 65.8 Å². The van der Waals surface area contributed by atoms with Crippen molar-refractivity contribution >= 4 is 17.6 Å². The van der Waals surface area contributed by atoms with Crippen LogP contribution in [0, 0.1) is 24.1 Å². The van der Waals surface area contributed by atoms with Gasteiger partial charge in [-0.2, -0.15) is 0 Å². The molecule has 1 aliphatic carbocycles. The standard InChI is InChI=1S/C42H56FN3O5/c1-28-34(38(40(48)49)51-41(2,3)4)37(46-24-22-42(5,6)23-25-46)35(36(44-28)39(47)45(7)27-30-11-9-8-10-12-30)31-15-19-33(20-16-31)50-26-21-29-13-17-32(43)18-14-29/h13-20,30,38H,8-12,21-27H2,1-7H3,(H,48,49)/t38-/m0/s1. The smallest absolute Gasteiger partial charge is 0.337 e. The molecule has 3 aromatic rings. The van der Waals surface area contributed by atoms with Gasteiger partial charge in [-0.15, -0.1) is 0 Å². The first kappa shape index (κ1) is 38.3. The molecule has 8 nitrogen and oxygen atoms in total. The molecule has 2 heterocycles. The summed E-state index contributed by atoms with van der Waals surface area (Å²) in [5.41, 5.74) is 3.72. The van der Waals surface area contributed by atoms with Crippen molar-refractivity contribution in [2.24, 2.45) is 11.3 Å². The molecule has 2 aromatic carbocycles. The van der Waals surface area contributed by atoms with Crippen LogP contribution < -0.4 is 9.64 Å². The highest BCUT2D eigenvalue weighted by Gasteiger charge is 2.38. The van der Waals surface area contributed by atoms with E-state index in [9.17, 15) is 19.1 Å². The summed E-state index contributed by atoms with van der Waals surface area (Å²) in [4.78, 5) is 36.6. The molecule has 1 amide bonds. The number of halogens is 1. The zero-order valence-electron chi connectivity index (χ0n) is 31.6. The molecule has 2 aliphatic rings. The van der Waals surface area contributed by atoms with Crippen LogP contribution in [0.3, 0.4) is 0 Å². The summed E-state index contributed by atoms with van der Waals surface area (Å²) >= 11 is 0. The third kappa shape index (κ3) is 9.88. The highest BCUT2D eigenvalue weighted by molar-refractivity contribution is 6.03. The largest absolute Gasteiger partial charge is 0.493 e. The number of carboxylic acid groups (broad SMARTS) is 1. The highest BCUT2D eigenvalue weighted by atomic mass is 19.1. The molecule has 2 fully saturated rings. The van der Waals surface area contributed by atoms with Crippen molar-refractivity contribution in [1.29, 1.82) is 0 Å². The summed E-state index contributed by atoms with van der Waals surface area (Å²) in [6.45, 7) is 14.3. The minimum atomic E-state index is -1.29. The zero-order valence-corrected chi connectivity index (χ0v) is 31.6. The van der Waals surface area contributed by atoms with Gasteiger partial charge in [0.05, 0.1) is 17.9 Å². The van der Waals surface area contributed by atoms with Gasteiger partial charge in [-0.25, -0.2) is 14.2 Å². The normalized spacial score (nSPS) is 17.2. The second-order valence-corrected chi connectivity index (χ2v) is 16.2. The molecule has 51 heavy (non-hydrogen) atoms. The van der Waals surface area contributed by atoms with Crippen LogP contribution in [0.2, 0.25) is 0 Å². The summed E-state index contributed by atoms with van der Waals surface area (Å²) < 4.78 is 25.7. The van der Waals surface area contributed by atoms with Crippen LogP contribution in [-0.2, 0) is 16.0 Å². The number of aryl methyl sites for hydroxylation is 1. The molecule has 1 saturated carbocycles. The Labute approximate surface area is 303 Å². The summed E-state index contributed by atoms with van der Waals surface area (Å²) in [7, 11) is 1.86. The molecule has 1 aromatic heterocycles. The summed E-state index contributed by atoms with van der Waals surface area (Å²) in [5.74, 6) is -0.438. The molecular weight excluding hydrogens is 645 g/mol. The van der Waals surface area contributed by atoms with E-state index in [2.05, 4.69) is 18.7 Å². The maximum Gasteiger partial charge on any atom is 0.337 e. The number of hydrogen-bond donors (Lipinski definition) is 1. The first-order valence-electron chi connectivity index (χ1n) is 18.5. The van der Waals surface area contributed by atoms with Gasteiger partial charge in [0, 0.05) is 49.9 Å². The first-order valence-corrected chi connectivity index (χ1v) is 18.5. The maximum absolute atomic E-state index is 14.6. The fourth-order valence-corrected chi connectivity index (χ4v) is 7.37. The maximum atomic E-state index is 14.6. The molecule has 1 atom stereocenters. The van der Waals surface area contributed by atoms with E-state index < -0.39 is 17.7 Å². The molecule has 0 spiro atoms. The molecule has 276 valence electrons. The Hall–Kier alpha value is -3.98. The molecule has 1 saturated heterocycles. The van der Waals surface area contributed by atoms with Gasteiger partial charge in [0.1, 0.15) is 17.3 Å². The molecular formula is C42H56FN3O5. The van der Waals surface area contributed by atoms with Crippen molar-refractivity contribution in [2.45, 2.75) is 105 Å². The van der Waals surface area contributed by atoms with Gasteiger partial charge in [0.15, 0.2) is 6.10 Å². The van der Waals surface area contributed by atoms with E-state index in [0.717, 1.165) is 36.8 Å². The van der Waals surface area contributed by atoms with Crippen LogP contribution in [0.15, 0.2) is 48.5 Å². The Bertz CT molecular complexity index is 1650. The van der Waals surface area contributed by atoms with E-state index in [1.807, 2.05) is 52.1 Å². The van der Waals surface area contributed by atoms with Gasteiger partial charge in [-0.1, -0.05) is 57.4 Å². The number of nitrogens with zero attached hydrogens (tertiary/aromatic N) is 3. The predicted octanol–water partition coefficient (Wildman–Crippen LogP) is 9.04. The Morgan fingerprint density at radius 1 is 1.02 bits per heavy atom. The van der Waals surface area contributed by atoms with Crippen LogP contribution >= 0.6 is 0 Å². The molecule has 0 unspecified atom stereocenters. The van der Waals surface area contributed by atoms with Gasteiger partial charge in [0.2, 0.25) is 0 Å². The molecule has 9 heteroatoms. The number of pyridine rings is 1. The fraction of sp³-hybridized carbons (Fsp3) is 0.548. The molecule has 0 bridgehead atoms. The lowest BCUT2D eigenvalue weighted by Gasteiger charge is -2.41. The summed E-state index contributed by atoms with van der Waals surface area (Å²) in [6, 6.07) is 14.0. The Morgan fingerprint density at radius 2 is 1.65 bits per heavy atom. The monoisotopic (exact) mass is 701 g/mol. The van der Waals surface area contributed by atoms with Gasteiger partial charge in [0.25, 0.3) is 5.91 Å². The number of carbonyl (C=O) groups excluding carboxylic acids is 1. The average molecular weight is 702 g/mol. The van der Waals surface area contributed by atoms with E-state index in [1.54, 1.807) is 24.0 Å². The quantitative estimate of drug-likeness (QED) is 0.202. The van der Waals surface area contributed by atoms with E-state index in [0.29, 0.717) is 72.5 Å². The molecule has 1 N–H and O–H groups in total. The van der Waals surface area contributed by atoms with Crippen molar-refractivity contribution in [3.63, 3.8) is 0 Å². The number of rotatable bonds is 12. The van der Waals surface area contributed by atoms with E-state index in [4.69, 9.17) is 14.5 Å². The Balaban J connectivity index is 1.61. The van der Waals surface area contributed by atoms with Crippen molar-refractivity contribution < 1.29 is 28.6 Å². The Morgan fingerprint density at radius 3 is 2.24 bits per heavy atom. The van der Waals surface area contributed by atoms with E-state index in [-0.39, 0.29) is 17.1 Å². The van der Waals surface area contributed by atoms with Crippen molar-refractivity contribution in [3.8, 4) is 16.9 Å². The molecule has 5 rings (SSSR count). The minimum Gasteiger partial charge on any atom is -0.493 e. The lowest BCUT2D eigenvalue weighted by Crippen LogP contribution is -2.40. The number of anilines is 1. The third-order valence-electron chi connectivity index (χ3n) is 10.3. The predicted molar refractivity (Wildman–Crippen MR) is 200 cm³/mol.